The zero-order chi connectivity index (χ0) is 13.2. The zero-order valence-corrected chi connectivity index (χ0v) is 11.6. The highest BCUT2D eigenvalue weighted by Gasteiger charge is 2.12. The van der Waals surface area contributed by atoms with Crippen LogP contribution >= 0.6 is 0 Å². The summed E-state index contributed by atoms with van der Waals surface area (Å²) in [6.07, 6.45) is 5.03. The Hall–Kier alpha value is -1.28. The third-order valence-corrected chi connectivity index (χ3v) is 2.96. The third kappa shape index (κ3) is 4.53. The molecular weight excluding hydrogens is 222 g/mol. The van der Waals surface area contributed by atoms with E-state index < -0.39 is 0 Å². The lowest BCUT2D eigenvalue weighted by Gasteiger charge is -2.20. The zero-order valence-electron chi connectivity index (χ0n) is 11.6. The lowest BCUT2D eigenvalue weighted by Crippen LogP contribution is -2.20. The van der Waals surface area contributed by atoms with Crippen molar-refractivity contribution < 1.29 is 4.74 Å². The molecular formula is C16H25NO. The van der Waals surface area contributed by atoms with Gasteiger partial charge in [0.05, 0.1) is 6.61 Å². The maximum atomic E-state index is 5.88. The number of allylic oxidation sites excluding steroid dienone is 1. The van der Waals surface area contributed by atoms with Gasteiger partial charge in [-0.2, -0.15) is 0 Å². The molecule has 1 aromatic carbocycles. The predicted octanol–water partition coefficient (Wildman–Crippen LogP) is 4.09. The molecule has 0 heterocycles. The van der Waals surface area contributed by atoms with Crippen molar-refractivity contribution in [1.82, 2.24) is 5.32 Å². The monoisotopic (exact) mass is 247 g/mol. The van der Waals surface area contributed by atoms with Crippen LogP contribution in [0.15, 0.2) is 36.9 Å². The summed E-state index contributed by atoms with van der Waals surface area (Å²) in [7, 11) is 0. The van der Waals surface area contributed by atoms with Gasteiger partial charge < -0.3 is 10.1 Å². The van der Waals surface area contributed by atoms with E-state index in [0.717, 1.165) is 38.2 Å². The molecule has 2 nitrogen and oxygen atoms in total. The van der Waals surface area contributed by atoms with Crippen molar-refractivity contribution in [3.05, 3.63) is 42.5 Å². The average Bonchev–Trinajstić information content (AvgIpc) is 2.42. The molecule has 1 N–H and O–H groups in total. The Morgan fingerprint density at radius 1 is 1.33 bits per heavy atom. The van der Waals surface area contributed by atoms with Gasteiger partial charge in [0.25, 0.3) is 0 Å². The summed E-state index contributed by atoms with van der Waals surface area (Å²) in [6.45, 7) is 9.79. The summed E-state index contributed by atoms with van der Waals surface area (Å²) in [6, 6.07) is 8.70. The number of para-hydroxylation sites is 1. The van der Waals surface area contributed by atoms with Crippen molar-refractivity contribution in [3.8, 4) is 5.75 Å². The van der Waals surface area contributed by atoms with Crippen molar-refractivity contribution in [1.29, 1.82) is 0 Å². The molecule has 0 fully saturated rings. The number of hydrogen-bond acceptors (Lipinski definition) is 2. The van der Waals surface area contributed by atoms with E-state index >= 15 is 0 Å². The van der Waals surface area contributed by atoms with Crippen LogP contribution in [0.3, 0.4) is 0 Å². The van der Waals surface area contributed by atoms with Crippen LogP contribution in [0.1, 0.15) is 44.7 Å². The minimum atomic E-state index is 0.380. The normalized spacial score (nSPS) is 12.1. The van der Waals surface area contributed by atoms with Gasteiger partial charge in [-0.3, -0.25) is 0 Å². The first-order valence-electron chi connectivity index (χ1n) is 6.89. The molecule has 1 aromatic rings. The van der Waals surface area contributed by atoms with E-state index in [0.29, 0.717) is 6.04 Å². The van der Waals surface area contributed by atoms with Gasteiger partial charge in [-0.1, -0.05) is 38.1 Å². The minimum Gasteiger partial charge on any atom is -0.493 e. The van der Waals surface area contributed by atoms with Crippen molar-refractivity contribution in [3.63, 3.8) is 0 Å². The smallest absolute Gasteiger partial charge is 0.124 e. The summed E-state index contributed by atoms with van der Waals surface area (Å²) in [5.74, 6) is 1.01. The van der Waals surface area contributed by atoms with Gasteiger partial charge in [-0.15, -0.1) is 6.58 Å². The second kappa shape index (κ2) is 8.76. The molecule has 0 saturated carbocycles. The van der Waals surface area contributed by atoms with Crippen molar-refractivity contribution in [2.45, 2.75) is 39.2 Å². The summed E-state index contributed by atoms with van der Waals surface area (Å²) < 4.78 is 5.88. The highest BCUT2D eigenvalue weighted by molar-refractivity contribution is 5.35. The molecule has 1 atom stereocenters. The summed E-state index contributed by atoms with van der Waals surface area (Å²) in [5, 5.41) is 3.49. The van der Waals surface area contributed by atoms with Crippen molar-refractivity contribution >= 4 is 0 Å². The van der Waals surface area contributed by atoms with Crippen LogP contribution in [-0.2, 0) is 0 Å². The van der Waals surface area contributed by atoms with E-state index in [2.05, 4.69) is 43.9 Å². The lowest BCUT2D eigenvalue weighted by atomic mass is 10.0. The predicted molar refractivity (Wildman–Crippen MR) is 78.1 cm³/mol. The molecule has 1 rings (SSSR count). The minimum absolute atomic E-state index is 0.380. The van der Waals surface area contributed by atoms with E-state index in [1.165, 1.54) is 5.56 Å². The van der Waals surface area contributed by atoms with Crippen molar-refractivity contribution in [2.24, 2.45) is 0 Å². The first-order valence-corrected chi connectivity index (χ1v) is 6.89. The summed E-state index contributed by atoms with van der Waals surface area (Å²) in [4.78, 5) is 0. The van der Waals surface area contributed by atoms with Gasteiger partial charge in [0.15, 0.2) is 0 Å². The van der Waals surface area contributed by atoms with E-state index in [-0.39, 0.29) is 0 Å². The van der Waals surface area contributed by atoms with E-state index in [4.69, 9.17) is 4.74 Å². The molecule has 0 aromatic heterocycles. The fourth-order valence-electron chi connectivity index (χ4n) is 2.03. The molecule has 0 aliphatic heterocycles. The highest BCUT2D eigenvalue weighted by atomic mass is 16.5. The molecule has 0 radical (unpaired) electrons. The Balaban J connectivity index is 2.68. The SMILES string of the molecule is C=CCCCOc1ccccc1C(CC)NCC. The quantitative estimate of drug-likeness (QED) is 0.524. The third-order valence-electron chi connectivity index (χ3n) is 2.96. The molecule has 1 unspecified atom stereocenters. The molecule has 0 aliphatic rings. The number of nitrogens with one attached hydrogen (secondary N) is 1. The van der Waals surface area contributed by atoms with Crippen LogP contribution in [0.4, 0.5) is 0 Å². The van der Waals surface area contributed by atoms with Crippen LogP contribution < -0.4 is 10.1 Å². The Bertz CT molecular complexity index is 349. The lowest BCUT2D eigenvalue weighted by molar-refractivity contribution is 0.304. The van der Waals surface area contributed by atoms with E-state index in [1.807, 2.05) is 12.1 Å². The second-order valence-corrected chi connectivity index (χ2v) is 4.34. The molecule has 100 valence electrons. The van der Waals surface area contributed by atoms with Crippen LogP contribution in [0.25, 0.3) is 0 Å². The first-order chi connectivity index (χ1) is 8.83. The fraction of sp³-hybridized carbons (Fsp3) is 0.500. The number of unbranched alkanes of at least 4 members (excludes halogenated alkanes) is 1. The number of hydrogen-bond donors (Lipinski definition) is 1. The van der Waals surface area contributed by atoms with E-state index in [9.17, 15) is 0 Å². The summed E-state index contributed by atoms with van der Waals surface area (Å²) >= 11 is 0. The standard InChI is InChI=1S/C16H25NO/c1-4-7-10-13-18-16-12-9-8-11-14(16)15(5-2)17-6-3/h4,8-9,11-12,15,17H,1,5-7,10,13H2,2-3H3. The Morgan fingerprint density at radius 3 is 2.78 bits per heavy atom. The van der Waals surface area contributed by atoms with E-state index in [1.54, 1.807) is 0 Å². The number of rotatable bonds is 9. The van der Waals surface area contributed by atoms with Gasteiger partial charge in [0.2, 0.25) is 0 Å². The van der Waals surface area contributed by atoms with Gasteiger partial charge in [-0.25, -0.2) is 0 Å². The summed E-state index contributed by atoms with van der Waals surface area (Å²) in [5.41, 5.74) is 1.26. The van der Waals surface area contributed by atoms with Crippen molar-refractivity contribution in [2.75, 3.05) is 13.2 Å². The highest BCUT2D eigenvalue weighted by Crippen LogP contribution is 2.27. The molecule has 18 heavy (non-hydrogen) atoms. The maximum absolute atomic E-state index is 5.88. The van der Waals surface area contributed by atoms with Gasteiger partial charge in [0, 0.05) is 11.6 Å². The molecule has 0 aliphatic carbocycles. The molecule has 0 amide bonds. The molecule has 0 saturated heterocycles. The first kappa shape index (κ1) is 14.8. The van der Waals surface area contributed by atoms with Gasteiger partial charge in [0.1, 0.15) is 5.75 Å². The topological polar surface area (TPSA) is 21.3 Å². The van der Waals surface area contributed by atoms with Gasteiger partial charge >= 0.3 is 0 Å². The van der Waals surface area contributed by atoms with Crippen LogP contribution in [0.5, 0.6) is 5.75 Å². The Kier molecular flexibility index (Phi) is 7.19. The Morgan fingerprint density at radius 2 is 2.11 bits per heavy atom. The van der Waals surface area contributed by atoms with Crippen LogP contribution in [0.2, 0.25) is 0 Å². The Labute approximate surface area is 111 Å². The molecule has 0 spiro atoms. The fourth-order valence-corrected chi connectivity index (χ4v) is 2.03. The number of ether oxygens (including phenoxy) is 1. The second-order valence-electron chi connectivity index (χ2n) is 4.34. The molecule has 2 heteroatoms. The average molecular weight is 247 g/mol. The van der Waals surface area contributed by atoms with Crippen LogP contribution in [0, 0.1) is 0 Å². The van der Waals surface area contributed by atoms with Gasteiger partial charge in [-0.05, 0) is 31.9 Å². The number of benzene rings is 1. The maximum Gasteiger partial charge on any atom is 0.124 e. The largest absolute Gasteiger partial charge is 0.493 e. The molecule has 0 bridgehead atoms. The van der Waals surface area contributed by atoms with Crippen LogP contribution in [-0.4, -0.2) is 13.2 Å².